The zero-order valence-electron chi connectivity index (χ0n) is 15.3. The van der Waals surface area contributed by atoms with Crippen LogP contribution in [0.1, 0.15) is 17.2 Å². The van der Waals surface area contributed by atoms with Crippen molar-refractivity contribution in [2.75, 3.05) is 12.4 Å². The summed E-state index contributed by atoms with van der Waals surface area (Å²) in [5.74, 6) is -1.03. The predicted molar refractivity (Wildman–Crippen MR) is 100 cm³/mol. The van der Waals surface area contributed by atoms with Crippen LogP contribution in [0, 0.1) is 5.92 Å². The maximum absolute atomic E-state index is 13.0. The summed E-state index contributed by atoms with van der Waals surface area (Å²) in [6, 6.07) is 9.53. The molecule has 0 aliphatic carbocycles. The van der Waals surface area contributed by atoms with E-state index in [2.05, 4.69) is 22.5 Å². The summed E-state index contributed by atoms with van der Waals surface area (Å²) >= 11 is 0. The van der Waals surface area contributed by atoms with Gasteiger partial charge < -0.3 is 20.7 Å². The van der Waals surface area contributed by atoms with Gasteiger partial charge in [0.05, 0.1) is 24.4 Å². The smallest absolute Gasteiger partial charge is 0.416 e. The van der Waals surface area contributed by atoms with E-state index in [4.69, 9.17) is 4.74 Å². The molecule has 9 heteroatoms. The summed E-state index contributed by atoms with van der Waals surface area (Å²) in [4.78, 5) is 24.9. The molecule has 2 atom stereocenters. The molecule has 1 fully saturated rings. The van der Waals surface area contributed by atoms with Crippen LogP contribution in [0.15, 0.2) is 60.8 Å². The second-order valence-electron chi connectivity index (χ2n) is 6.39. The first kappa shape index (κ1) is 20.2. The van der Waals surface area contributed by atoms with Crippen LogP contribution in [0.4, 0.5) is 23.7 Å². The predicted octanol–water partition coefficient (Wildman–Crippen LogP) is 3.84. The van der Waals surface area contributed by atoms with Gasteiger partial charge in [0.1, 0.15) is 11.7 Å². The first-order valence-corrected chi connectivity index (χ1v) is 8.58. The molecule has 0 bridgehead atoms. The average molecular weight is 405 g/mol. The first-order valence-electron chi connectivity index (χ1n) is 8.58. The van der Waals surface area contributed by atoms with Crippen molar-refractivity contribution in [3.05, 3.63) is 71.9 Å². The summed E-state index contributed by atoms with van der Waals surface area (Å²) < 4.78 is 43.7. The Hall–Kier alpha value is -3.49. The SMILES string of the molecule is C=C1NC(=O)N[C@@H](c2ccc(C(F)(F)F)cc2)[C@H]1C(=O)Nc1ccccc1OC. The Morgan fingerprint density at radius 1 is 1.14 bits per heavy atom. The highest BCUT2D eigenvalue weighted by atomic mass is 19.4. The quantitative estimate of drug-likeness (QED) is 0.723. The highest BCUT2D eigenvalue weighted by Gasteiger charge is 2.38. The van der Waals surface area contributed by atoms with Gasteiger partial charge in [-0.15, -0.1) is 0 Å². The molecule has 6 nitrogen and oxygen atoms in total. The number of halogens is 3. The minimum absolute atomic E-state index is 0.131. The highest BCUT2D eigenvalue weighted by molar-refractivity contribution is 5.98. The molecule has 3 N–H and O–H groups in total. The number of amides is 3. The molecule has 1 saturated heterocycles. The molecule has 0 spiro atoms. The van der Waals surface area contributed by atoms with Gasteiger partial charge in [-0.1, -0.05) is 30.8 Å². The number of alkyl halides is 3. The Morgan fingerprint density at radius 3 is 2.41 bits per heavy atom. The van der Waals surface area contributed by atoms with Crippen LogP contribution in [-0.2, 0) is 11.0 Å². The highest BCUT2D eigenvalue weighted by Crippen LogP contribution is 2.34. The average Bonchev–Trinajstić information content (AvgIpc) is 2.67. The molecule has 0 aromatic heterocycles. The molecule has 3 amide bonds. The maximum atomic E-state index is 13.0. The number of carbonyl (C=O) groups is 2. The Kier molecular flexibility index (Phi) is 5.49. The molecule has 0 unspecified atom stereocenters. The van der Waals surface area contributed by atoms with Gasteiger partial charge in [-0.3, -0.25) is 4.79 Å². The normalized spacial score (nSPS) is 19.2. The lowest BCUT2D eigenvalue weighted by molar-refractivity contribution is -0.137. The van der Waals surface area contributed by atoms with Crippen LogP contribution in [0.2, 0.25) is 0 Å². The van der Waals surface area contributed by atoms with Crippen molar-refractivity contribution in [1.82, 2.24) is 10.6 Å². The molecule has 2 aromatic carbocycles. The van der Waals surface area contributed by atoms with E-state index in [0.29, 0.717) is 17.0 Å². The standard InChI is InChI=1S/C20H18F3N3O3/c1-11-16(18(27)25-14-5-3-4-6-15(14)29-2)17(26-19(28)24-11)12-7-9-13(10-8-12)20(21,22)23/h3-10,16-17H,1H2,2H3,(H,25,27)(H2,24,26,28)/t16-,17-/m0/s1. The number of nitrogens with one attached hydrogen (secondary N) is 3. The van der Waals surface area contributed by atoms with Gasteiger partial charge in [0, 0.05) is 5.70 Å². The largest absolute Gasteiger partial charge is 0.495 e. The Bertz CT molecular complexity index is 942. The summed E-state index contributed by atoms with van der Waals surface area (Å²) in [5, 5.41) is 7.74. The van der Waals surface area contributed by atoms with E-state index in [0.717, 1.165) is 12.1 Å². The maximum Gasteiger partial charge on any atom is 0.416 e. The first-order chi connectivity index (χ1) is 13.7. The topological polar surface area (TPSA) is 79.5 Å². The molecule has 152 valence electrons. The Morgan fingerprint density at radius 2 is 1.79 bits per heavy atom. The minimum atomic E-state index is -4.49. The van der Waals surface area contributed by atoms with E-state index in [-0.39, 0.29) is 5.70 Å². The molecule has 1 aliphatic rings. The summed E-state index contributed by atoms with van der Waals surface area (Å²) in [6.07, 6.45) is -4.49. The zero-order valence-corrected chi connectivity index (χ0v) is 15.3. The number of ether oxygens (including phenoxy) is 1. The van der Waals surface area contributed by atoms with E-state index < -0.39 is 35.6 Å². The monoisotopic (exact) mass is 405 g/mol. The summed E-state index contributed by atoms with van der Waals surface area (Å²) in [6.45, 7) is 3.74. The Balaban J connectivity index is 1.90. The van der Waals surface area contributed by atoms with Crippen LogP contribution in [-0.4, -0.2) is 19.0 Å². The number of urea groups is 1. The number of hydrogen-bond donors (Lipinski definition) is 3. The third-order valence-corrected chi connectivity index (χ3v) is 4.51. The van der Waals surface area contributed by atoms with Crippen molar-refractivity contribution in [2.24, 2.45) is 5.92 Å². The summed E-state index contributed by atoms with van der Waals surface area (Å²) in [7, 11) is 1.46. The van der Waals surface area contributed by atoms with Crippen LogP contribution in [0.3, 0.4) is 0 Å². The number of rotatable bonds is 4. The van der Waals surface area contributed by atoms with Gasteiger partial charge in [-0.2, -0.15) is 13.2 Å². The number of para-hydroxylation sites is 2. The van der Waals surface area contributed by atoms with Gasteiger partial charge in [-0.25, -0.2) is 4.79 Å². The molecule has 29 heavy (non-hydrogen) atoms. The van der Waals surface area contributed by atoms with E-state index in [1.807, 2.05) is 0 Å². The van der Waals surface area contributed by atoms with E-state index in [1.165, 1.54) is 19.2 Å². The van der Waals surface area contributed by atoms with E-state index >= 15 is 0 Å². The second-order valence-corrected chi connectivity index (χ2v) is 6.39. The molecule has 3 rings (SSSR count). The van der Waals surface area contributed by atoms with Gasteiger partial charge >= 0.3 is 12.2 Å². The fraction of sp³-hybridized carbons (Fsp3) is 0.200. The van der Waals surface area contributed by atoms with Crippen molar-refractivity contribution in [2.45, 2.75) is 12.2 Å². The molecule has 2 aromatic rings. The van der Waals surface area contributed by atoms with Crippen LogP contribution in [0.25, 0.3) is 0 Å². The van der Waals surface area contributed by atoms with Crippen LogP contribution in [0.5, 0.6) is 5.75 Å². The van der Waals surface area contributed by atoms with Gasteiger partial charge in [0.25, 0.3) is 0 Å². The van der Waals surface area contributed by atoms with Gasteiger partial charge in [0.15, 0.2) is 0 Å². The van der Waals surface area contributed by atoms with E-state index in [9.17, 15) is 22.8 Å². The van der Waals surface area contributed by atoms with Crippen molar-refractivity contribution < 1.29 is 27.5 Å². The van der Waals surface area contributed by atoms with Gasteiger partial charge in [0.2, 0.25) is 5.91 Å². The van der Waals surface area contributed by atoms with Crippen LogP contribution >= 0.6 is 0 Å². The fourth-order valence-electron chi connectivity index (χ4n) is 3.11. The van der Waals surface area contributed by atoms with Crippen LogP contribution < -0.4 is 20.7 Å². The molecule has 1 aliphatic heterocycles. The van der Waals surface area contributed by atoms with Crippen molar-refractivity contribution >= 4 is 17.6 Å². The number of methoxy groups -OCH3 is 1. The molecular weight excluding hydrogens is 387 g/mol. The lowest BCUT2D eigenvalue weighted by Gasteiger charge is -2.34. The molecule has 0 radical (unpaired) electrons. The van der Waals surface area contributed by atoms with Crippen molar-refractivity contribution in [3.8, 4) is 5.75 Å². The number of benzene rings is 2. The number of anilines is 1. The third-order valence-electron chi connectivity index (χ3n) is 4.51. The number of carbonyl (C=O) groups excluding carboxylic acids is 2. The molecular formula is C20H18F3N3O3. The van der Waals surface area contributed by atoms with E-state index in [1.54, 1.807) is 24.3 Å². The minimum Gasteiger partial charge on any atom is -0.495 e. The third kappa shape index (κ3) is 4.34. The second kappa shape index (κ2) is 7.86. The number of hydrogen-bond acceptors (Lipinski definition) is 3. The van der Waals surface area contributed by atoms with Crippen molar-refractivity contribution in [1.29, 1.82) is 0 Å². The Labute approximate surface area is 164 Å². The fourth-order valence-corrected chi connectivity index (χ4v) is 3.11. The van der Waals surface area contributed by atoms with Gasteiger partial charge in [-0.05, 0) is 29.8 Å². The zero-order chi connectivity index (χ0) is 21.2. The lowest BCUT2D eigenvalue weighted by atomic mass is 9.87. The lowest BCUT2D eigenvalue weighted by Crippen LogP contribution is -2.51. The molecule has 0 saturated carbocycles. The van der Waals surface area contributed by atoms with Crippen molar-refractivity contribution in [3.63, 3.8) is 0 Å². The molecule has 1 heterocycles. The summed E-state index contributed by atoms with van der Waals surface area (Å²) in [5.41, 5.74) is 0.0615.